The minimum absolute atomic E-state index is 0.287. The van der Waals surface area contributed by atoms with E-state index in [9.17, 15) is 0 Å². The number of aryl methyl sites for hydroxylation is 1. The topological polar surface area (TPSA) is 0 Å². The standard InChI is InChI=1S/C15H22/c1-15(2,3)14-10-8-13(9-11-14)7-6-12-4-5-12/h8-12H,4-7H2,1-3H3. The van der Waals surface area contributed by atoms with Crippen LogP contribution in [0.1, 0.15) is 51.2 Å². The molecule has 2 rings (SSSR count). The highest BCUT2D eigenvalue weighted by Crippen LogP contribution is 2.33. The van der Waals surface area contributed by atoms with Gasteiger partial charge in [-0.2, -0.15) is 0 Å². The molecule has 0 saturated heterocycles. The Hall–Kier alpha value is -0.780. The SMILES string of the molecule is CC(C)(C)c1ccc(CCC2CC2)cc1. The second kappa shape index (κ2) is 4.00. The fraction of sp³-hybridized carbons (Fsp3) is 0.600. The molecule has 1 aliphatic rings. The molecule has 1 fully saturated rings. The van der Waals surface area contributed by atoms with Crippen molar-refractivity contribution in [3.63, 3.8) is 0 Å². The lowest BCUT2D eigenvalue weighted by molar-refractivity contribution is 0.589. The van der Waals surface area contributed by atoms with Crippen LogP contribution in [0.25, 0.3) is 0 Å². The maximum atomic E-state index is 2.31. The van der Waals surface area contributed by atoms with Crippen molar-refractivity contribution in [3.8, 4) is 0 Å². The summed E-state index contributed by atoms with van der Waals surface area (Å²) in [6, 6.07) is 9.20. The van der Waals surface area contributed by atoms with E-state index in [1.54, 1.807) is 0 Å². The zero-order valence-electron chi connectivity index (χ0n) is 10.2. The Morgan fingerprint density at radius 1 is 1.07 bits per heavy atom. The molecule has 0 radical (unpaired) electrons. The average molecular weight is 202 g/mol. The van der Waals surface area contributed by atoms with E-state index >= 15 is 0 Å². The molecule has 0 amide bonds. The second-order valence-corrected chi connectivity index (χ2v) is 5.93. The minimum atomic E-state index is 0.287. The summed E-state index contributed by atoms with van der Waals surface area (Å²) < 4.78 is 0. The zero-order chi connectivity index (χ0) is 10.9. The molecular formula is C15H22. The summed E-state index contributed by atoms with van der Waals surface area (Å²) in [5.74, 6) is 1.05. The Morgan fingerprint density at radius 2 is 1.67 bits per heavy atom. The summed E-state index contributed by atoms with van der Waals surface area (Å²) >= 11 is 0. The first-order valence-corrected chi connectivity index (χ1v) is 6.15. The predicted octanol–water partition coefficient (Wildman–Crippen LogP) is 4.33. The van der Waals surface area contributed by atoms with Gasteiger partial charge in [0, 0.05) is 0 Å². The lowest BCUT2D eigenvalue weighted by Crippen LogP contribution is -2.10. The number of hydrogen-bond donors (Lipinski definition) is 0. The molecule has 1 aromatic rings. The van der Waals surface area contributed by atoms with Gasteiger partial charge < -0.3 is 0 Å². The van der Waals surface area contributed by atoms with Crippen molar-refractivity contribution in [2.45, 2.75) is 51.9 Å². The van der Waals surface area contributed by atoms with Gasteiger partial charge in [-0.3, -0.25) is 0 Å². The van der Waals surface area contributed by atoms with E-state index in [2.05, 4.69) is 45.0 Å². The van der Waals surface area contributed by atoms with E-state index in [1.807, 2.05) is 0 Å². The summed E-state index contributed by atoms with van der Waals surface area (Å²) in [5, 5.41) is 0. The molecule has 15 heavy (non-hydrogen) atoms. The van der Waals surface area contributed by atoms with Gasteiger partial charge in [-0.15, -0.1) is 0 Å². The summed E-state index contributed by atoms with van der Waals surface area (Å²) in [4.78, 5) is 0. The van der Waals surface area contributed by atoms with Gasteiger partial charge in [0.05, 0.1) is 0 Å². The maximum absolute atomic E-state index is 2.31. The molecule has 1 aromatic carbocycles. The van der Waals surface area contributed by atoms with Crippen molar-refractivity contribution < 1.29 is 0 Å². The lowest BCUT2D eigenvalue weighted by atomic mass is 9.86. The van der Waals surface area contributed by atoms with Crippen molar-refractivity contribution in [2.75, 3.05) is 0 Å². The number of benzene rings is 1. The van der Waals surface area contributed by atoms with Crippen LogP contribution in [-0.4, -0.2) is 0 Å². The molecule has 0 atom stereocenters. The van der Waals surface area contributed by atoms with Crippen molar-refractivity contribution in [3.05, 3.63) is 35.4 Å². The molecule has 1 aliphatic carbocycles. The molecule has 0 heteroatoms. The molecule has 0 aliphatic heterocycles. The van der Waals surface area contributed by atoms with E-state index in [1.165, 1.54) is 36.8 Å². The fourth-order valence-corrected chi connectivity index (χ4v) is 1.95. The Balaban J connectivity index is 1.96. The van der Waals surface area contributed by atoms with Gasteiger partial charge >= 0.3 is 0 Å². The van der Waals surface area contributed by atoms with Crippen LogP contribution in [0.3, 0.4) is 0 Å². The molecule has 0 spiro atoms. The average Bonchev–Trinajstić information content (AvgIpc) is 2.97. The van der Waals surface area contributed by atoms with E-state index in [0.29, 0.717) is 0 Å². The van der Waals surface area contributed by atoms with Crippen LogP contribution in [0.4, 0.5) is 0 Å². The van der Waals surface area contributed by atoms with Crippen molar-refractivity contribution in [2.24, 2.45) is 5.92 Å². The van der Waals surface area contributed by atoms with Crippen molar-refractivity contribution in [1.29, 1.82) is 0 Å². The Labute approximate surface area is 93.7 Å². The van der Waals surface area contributed by atoms with Crippen molar-refractivity contribution in [1.82, 2.24) is 0 Å². The Kier molecular flexibility index (Phi) is 2.86. The number of rotatable bonds is 3. The van der Waals surface area contributed by atoms with Crippen LogP contribution in [0.5, 0.6) is 0 Å². The quantitative estimate of drug-likeness (QED) is 0.684. The van der Waals surface area contributed by atoms with Crippen LogP contribution in [0, 0.1) is 5.92 Å². The van der Waals surface area contributed by atoms with Crippen molar-refractivity contribution >= 4 is 0 Å². The summed E-state index contributed by atoms with van der Waals surface area (Å²) in [7, 11) is 0. The van der Waals surface area contributed by atoms with Gasteiger partial charge in [-0.25, -0.2) is 0 Å². The molecule has 0 N–H and O–H groups in total. The highest BCUT2D eigenvalue weighted by atomic mass is 14.3. The first kappa shape index (κ1) is 10.7. The van der Waals surface area contributed by atoms with Crippen LogP contribution >= 0.6 is 0 Å². The van der Waals surface area contributed by atoms with Gasteiger partial charge in [0.15, 0.2) is 0 Å². The van der Waals surface area contributed by atoms with Gasteiger partial charge in [0.25, 0.3) is 0 Å². The molecule has 82 valence electrons. The number of hydrogen-bond acceptors (Lipinski definition) is 0. The second-order valence-electron chi connectivity index (χ2n) is 5.93. The third-order valence-electron chi connectivity index (χ3n) is 3.36. The highest BCUT2D eigenvalue weighted by molar-refractivity contribution is 5.27. The van der Waals surface area contributed by atoms with Crippen LogP contribution in [0.2, 0.25) is 0 Å². The highest BCUT2D eigenvalue weighted by Gasteiger charge is 2.20. The third kappa shape index (κ3) is 3.09. The van der Waals surface area contributed by atoms with Gasteiger partial charge in [0.2, 0.25) is 0 Å². The summed E-state index contributed by atoms with van der Waals surface area (Å²) in [6.07, 6.45) is 5.62. The third-order valence-corrected chi connectivity index (χ3v) is 3.36. The van der Waals surface area contributed by atoms with E-state index in [0.717, 1.165) is 5.92 Å². The monoisotopic (exact) mass is 202 g/mol. The normalized spacial score (nSPS) is 16.7. The van der Waals surface area contributed by atoms with Crippen LogP contribution in [-0.2, 0) is 11.8 Å². The minimum Gasteiger partial charge on any atom is -0.0588 e. The molecule has 0 unspecified atom stereocenters. The Bertz CT molecular complexity index is 309. The Morgan fingerprint density at radius 3 is 2.13 bits per heavy atom. The summed E-state index contributed by atoms with van der Waals surface area (Å²) in [6.45, 7) is 6.81. The lowest BCUT2D eigenvalue weighted by Gasteiger charge is -2.19. The van der Waals surface area contributed by atoms with E-state index < -0.39 is 0 Å². The van der Waals surface area contributed by atoms with Crippen LogP contribution in [0.15, 0.2) is 24.3 Å². The first-order chi connectivity index (χ1) is 7.05. The molecular weight excluding hydrogens is 180 g/mol. The predicted molar refractivity (Wildman–Crippen MR) is 66.2 cm³/mol. The molecule has 0 aromatic heterocycles. The van der Waals surface area contributed by atoms with Gasteiger partial charge in [0.1, 0.15) is 0 Å². The summed E-state index contributed by atoms with van der Waals surface area (Å²) in [5.41, 5.74) is 3.24. The van der Waals surface area contributed by atoms with Gasteiger partial charge in [-0.05, 0) is 35.3 Å². The molecule has 1 saturated carbocycles. The fourth-order valence-electron chi connectivity index (χ4n) is 1.95. The zero-order valence-corrected chi connectivity index (χ0v) is 10.2. The van der Waals surface area contributed by atoms with Gasteiger partial charge in [-0.1, -0.05) is 57.9 Å². The van der Waals surface area contributed by atoms with E-state index in [4.69, 9.17) is 0 Å². The molecule has 0 bridgehead atoms. The smallest absolute Gasteiger partial charge is 0.0132 e. The maximum Gasteiger partial charge on any atom is -0.0132 e. The molecule has 0 nitrogen and oxygen atoms in total. The van der Waals surface area contributed by atoms with E-state index in [-0.39, 0.29) is 5.41 Å². The largest absolute Gasteiger partial charge is 0.0588 e. The molecule has 0 heterocycles. The van der Waals surface area contributed by atoms with Crippen LogP contribution < -0.4 is 0 Å². The first-order valence-electron chi connectivity index (χ1n) is 6.15.